The third kappa shape index (κ3) is 4.52. The maximum Gasteiger partial charge on any atom is 0.304 e. The highest BCUT2D eigenvalue weighted by atomic mass is 79.9. The second-order valence-corrected chi connectivity index (χ2v) is 5.78. The molecule has 4 nitrogen and oxygen atoms in total. The van der Waals surface area contributed by atoms with Crippen LogP contribution in [0.4, 0.5) is 0 Å². The molecule has 0 unspecified atom stereocenters. The highest BCUT2D eigenvalue weighted by molar-refractivity contribution is 9.10. The average Bonchev–Trinajstić information content (AvgIpc) is 2.56. The zero-order chi connectivity index (χ0) is 13.1. The van der Waals surface area contributed by atoms with Crippen LogP contribution in [0.15, 0.2) is 21.2 Å². The van der Waals surface area contributed by atoms with Crippen LogP contribution < -0.4 is 0 Å². The van der Waals surface area contributed by atoms with Gasteiger partial charge in [0.15, 0.2) is 0 Å². The molecule has 0 spiro atoms. The van der Waals surface area contributed by atoms with E-state index in [0.717, 1.165) is 10.2 Å². The van der Waals surface area contributed by atoms with Gasteiger partial charge in [-0.05, 0) is 42.8 Å². The Hall–Kier alpha value is -0.810. The summed E-state index contributed by atoms with van der Waals surface area (Å²) in [5.41, 5.74) is -0.0956. The predicted molar refractivity (Wildman–Crippen MR) is 68.8 cm³/mol. The molecule has 0 aliphatic rings. The van der Waals surface area contributed by atoms with E-state index in [4.69, 9.17) is 9.52 Å². The molecule has 0 aliphatic heterocycles. The highest BCUT2D eigenvalue weighted by Crippen LogP contribution is 2.23. The molecule has 0 aliphatic carbocycles. The average molecular weight is 304 g/mol. The van der Waals surface area contributed by atoms with E-state index in [0.29, 0.717) is 13.1 Å². The van der Waals surface area contributed by atoms with Crippen molar-refractivity contribution in [2.75, 3.05) is 6.54 Å². The molecule has 0 saturated carbocycles. The maximum absolute atomic E-state index is 10.6. The van der Waals surface area contributed by atoms with Crippen molar-refractivity contribution in [3.05, 3.63) is 22.6 Å². The largest absolute Gasteiger partial charge is 0.481 e. The first-order valence-corrected chi connectivity index (χ1v) is 6.28. The Labute approximate surface area is 110 Å². The Balaban J connectivity index is 2.71. The van der Waals surface area contributed by atoms with Gasteiger partial charge in [-0.25, -0.2) is 0 Å². The molecule has 0 atom stereocenters. The van der Waals surface area contributed by atoms with E-state index in [9.17, 15) is 4.79 Å². The lowest BCUT2D eigenvalue weighted by molar-refractivity contribution is -0.137. The minimum atomic E-state index is -0.780. The SMILES string of the molecule is CC(C)(C)N(CCC(=O)O)Cc1occc1Br. The molecule has 0 fully saturated rings. The van der Waals surface area contributed by atoms with Gasteiger partial charge < -0.3 is 9.52 Å². The summed E-state index contributed by atoms with van der Waals surface area (Å²) in [4.78, 5) is 12.7. The summed E-state index contributed by atoms with van der Waals surface area (Å²) in [7, 11) is 0. The number of nitrogens with zero attached hydrogens (tertiary/aromatic N) is 1. The van der Waals surface area contributed by atoms with Crippen LogP contribution in [-0.2, 0) is 11.3 Å². The number of carboxylic acid groups (broad SMARTS) is 1. The number of aliphatic carboxylic acids is 1. The smallest absolute Gasteiger partial charge is 0.304 e. The lowest BCUT2D eigenvalue weighted by atomic mass is 10.1. The molecule has 0 radical (unpaired) electrons. The van der Waals surface area contributed by atoms with E-state index >= 15 is 0 Å². The van der Waals surface area contributed by atoms with Gasteiger partial charge >= 0.3 is 5.97 Å². The lowest BCUT2D eigenvalue weighted by Crippen LogP contribution is -2.41. The number of halogens is 1. The standard InChI is InChI=1S/C12H18BrNO3/c1-12(2,3)14(6-4-11(15)16)8-10-9(13)5-7-17-10/h5,7H,4,6,8H2,1-3H3,(H,15,16). The van der Waals surface area contributed by atoms with Crippen molar-refractivity contribution >= 4 is 21.9 Å². The van der Waals surface area contributed by atoms with Gasteiger partial charge in [0, 0.05) is 12.1 Å². The zero-order valence-electron chi connectivity index (χ0n) is 10.4. The molecule has 0 aromatic carbocycles. The van der Waals surface area contributed by atoms with Crippen molar-refractivity contribution in [1.82, 2.24) is 4.90 Å². The highest BCUT2D eigenvalue weighted by Gasteiger charge is 2.23. The Kier molecular flexibility index (Phi) is 4.77. The molecule has 0 bridgehead atoms. The fourth-order valence-corrected chi connectivity index (χ4v) is 1.82. The molecule has 1 heterocycles. The number of hydrogen-bond donors (Lipinski definition) is 1. The normalized spacial score (nSPS) is 12.1. The first-order chi connectivity index (χ1) is 7.80. The molecule has 1 aromatic rings. The molecule has 1 aromatic heterocycles. The van der Waals surface area contributed by atoms with Crippen molar-refractivity contribution in [3.8, 4) is 0 Å². The van der Waals surface area contributed by atoms with Crippen LogP contribution in [0.3, 0.4) is 0 Å². The van der Waals surface area contributed by atoms with Gasteiger partial charge in [-0.3, -0.25) is 9.69 Å². The van der Waals surface area contributed by atoms with Crippen LogP contribution in [0.5, 0.6) is 0 Å². The van der Waals surface area contributed by atoms with Crippen molar-refractivity contribution in [3.63, 3.8) is 0 Å². The number of rotatable bonds is 5. The summed E-state index contributed by atoms with van der Waals surface area (Å²) >= 11 is 3.40. The summed E-state index contributed by atoms with van der Waals surface area (Å²) in [5, 5.41) is 8.75. The molecule has 5 heteroatoms. The van der Waals surface area contributed by atoms with E-state index in [2.05, 4.69) is 41.6 Å². The lowest BCUT2D eigenvalue weighted by Gasteiger charge is -2.34. The number of carbonyl (C=O) groups is 1. The Morgan fingerprint density at radius 3 is 2.59 bits per heavy atom. The summed E-state index contributed by atoms with van der Waals surface area (Å²) in [6.45, 7) is 7.29. The van der Waals surface area contributed by atoms with Crippen molar-refractivity contribution in [1.29, 1.82) is 0 Å². The van der Waals surface area contributed by atoms with Crippen molar-refractivity contribution < 1.29 is 14.3 Å². The topological polar surface area (TPSA) is 53.7 Å². The van der Waals surface area contributed by atoms with Gasteiger partial charge in [-0.15, -0.1) is 0 Å². The predicted octanol–water partition coefficient (Wildman–Crippen LogP) is 3.12. The summed E-state index contributed by atoms with van der Waals surface area (Å²) < 4.78 is 6.28. The van der Waals surface area contributed by atoms with Gasteiger partial charge in [0.25, 0.3) is 0 Å². The maximum atomic E-state index is 10.6. The van der Waals surface area contributed by atoms with Gasteiger partial charge in [0.05, 0.1) is 23.7 Å². The molecule has 0 saturated heterocycles. The van der Waals surface area contributed by atoms with E-state index in [1.165, 1.54) is 0 Å². The molecular formula is C12H18BrNO3. The Morgan fingerprint density at radius 1 is 1.53 bits per heavy atom. The third-order valence-electron chi connectivity index (χ3n) is 2.57. The summed E-state index contributed by atoms with van der Waals surface area (Å²) in [5.74, 6) is 0.0445. The van der Waals surface area contributed by atoms with Gasteiger partial charge in [0.2, 0.25) is 0 Å². The van der Waals surface area contributed by atoms with Gasteiger partial charge in [-0.2, -0.15) is 0 Å². The van der Waals surface area contributed by atoms with Gasteiger partial charge in [-0.1, -0.05) is 0 Å². The Morgan fingerprint density at radius 2 is 2.18 bits per heavy atom. The second-order valence-electron chi connectivity index (χ2n) is 4.93. The fourth-order valence-electron chi connectivity index (χ4n) is 1.49. The number of hydrogen-bond acceptors (Lipinski definition) is 3. The zero-order valence-corrected chi connectivity index (χ0v) is 12.0. The van der Waals surface area contributed by atoms with E-state index in [1.807, 2.05) is 6.07 Å². The minimum absolute atomic E-state index is 0.0956. The van der Waals surface area contributed by atoms with Crippen LogP contribution in [0, 0.1) is 0 Å². The van der Waals surface area contributed by atoms with E-state index < -0.39 is 5.97 Å². The van der Waals surface area contributed by atoms with Crippen molar-refractivity contribution in [2.45, 2.75) is 39.3 Å². The Bertz CT molecular complexity index is 381. The van der Waals surface area contributed by atoms with E-state index in [1.54, 1.807) is 6.26 Å². The van der Waals surface area contributed by atoms with Crippen LogP contribution in [0.1, 0.15) is 33.0 Å². The number of furan rings is 1. The molecule has 1 N–H and O–H groups in total. The molecule has 17 heavy (non-hydrogen) atoms. The molecule has 0 amide bonds. The van der Waals surface area contributed by atoms with Crippen LogP contribution >= 0.6 is 15.9 Å². The van der Waals surface area contributed by atoms with Gasteiger partial charge in [0.1, 0.15) is 5.76 Å². The number of carboxylic acids is 1. The molecular weight excluding hydrogens is 286 g/mol. The van der Waals surface area contributed by atoms with Crippen molar-refractivity contribution in [2.24, 2.45) is 0 Å². The third-order valence-corrected chi connectivity index (χ3v) is 3.28. The molecule has 96 valence electrons. The summed E-state index contributed by atoms with van der Waals surface area (Å²) in [6, 6.07) is 1.84. The summed E-state index contributed by atoms with van der Waals surface area (Å²) in [6.07, 6.45) is 1.76. The van der Waals surface area contributed by atoms with Crippen LogP contribution in [0.25, 0.3) is 0 Å². The van der Waals surface area contributed by atoms with Crippen LogP contribution in [0.2, 0.25) is 0 Å². The fraction of sp³-hybridized carbons (Fsp3) is 0.583. The monoisotopic (exact) mass is 303 g/mol. The van der Waals surface area contributed by atoms with E-state index in [-0.39, 0.29) is 12.0 Å². The second kappa shape index (κ2) is 5.69. The first kappa shape index (κ1) is 14.3. The minimum Gasteiger partial charge on any atom is -0.481 e. The quantitative estimate of drug-likeness (QED) is 0.908. The first-order valence-electron chi connectivity index (χ1n) is 5.49. The molecule has 1 rings (SSSR count). The van der Waals surface area contributed by atoms with Crippen LogP contribution in [-0.4, -0.2) is 28.1 Å².